The second-order valence-corrected chi connectivity index (χ2v) is 7.77. The number of amides is 2. The lowest BCUT2D eigenvalue weighted by Gasteiger charge is -2.31. The molecule has 1 aromatic carbocycles. The van der Waals surface area contributed by atoms with Crippen LogP contribution < -0.4 is 0 Å². The molecule has 4 nitrogen and oxygen atoms in total. The predicted octanol–water partition coefficient (Wildman–Crippen LogP) is 3.67. The Morgan fingerprint density at radius 1 is 1.43 bits per heavy atom. The highest BCUT2D eigenvalue weighted by atomic mass is 32.2. The number of hydrogen-bond acceptors (Lipinski definition) is 4. The Labute approximate surface area is 145 Å². The number of quaternary nitrogens is 1. The van der Waals surface area contributed by atoms with Crippen LogP contribution in [0.3, 0.4) is 0 Å². The average molecular weight is 358 g/mol. The highest BCUT2D eigenvalue weighted by Gasteiger charge is 2.57. The number of benzene rings is 1. The first-order valence-electron chi connectivity index (χ1n) is 7.50. The number of imide groups is 1. The van der Waals surface area contributed by atoms with Gasteiger partial charge in [-0.3, -0.25) is 0 Å². The molecule has 4 atom stereocenters. The lowest BCUT2D eigenvalue weighted by molar-refractivity contribution is -0.793. The Kier molecular flexibility index (Phi) is 5.75. The van der Waals surface area contributed by atoms with Crippen LogP contribution >= 0.6 is 24.4 Å². The monoisotopic (exact) mass is 358 g/mol. The summed E-state index contributed by atoms with van der Waals surface area (Å²) in [6.07, 6.45) is -0.474. The topological polar surface area (TPSA) is 54.4 Å². The molecule has 7 heteroatoms. The minimum atomic E-state index is -1.10. The van der Waals surface area contributed by atoms with Crippen molar-refractivity contribution in [1.29, 1.82) is 0 Å². The third kappa shape index (κ3) is 3.56. The predicted molar refractivity (Wildman–Crippen MR) is 91.3 cm³/mol. The van der Waals surface area contributed by atoms with Crippen molar-refractivity contribution in [3.8, 4) is 0 Å². The van der Waals surface area contributed by atoms with Gasteiger partial charge in [-0.15, -0.1) is 11.8 Å². The molecule has 0 saturated carbocycles. The van der Waals surface area contributed by atoms with E-state index in [4.69, 9.17) is 0 Å². The van der Waals surface area contributed by atoms with Gasteiger partial charge in [-0.05, 0) is 38.1 Å². The molecule has 0 bridgehead atoms. The Morgan fingerprint density at radius 2 is 2.04 bits per heavy atom. The molecule has 1 unspecified atom stereocenters. The quantitative estimate of drug-likeness (QED) is 0.637. The molecule has 2 rings (SSSR count). The Balaban J connectivity index is 2.21. The smallest absolute Gasteiger partial charge is 0.435 e. The fourth-order valence-electron chi connectivity index (χ4n) is 3.07. The van der Waals surface area contributed by atoms with Crippen LogP contribution in [0.4, 0.5) is 9.18 Å². The first kappa shape index (κ1) is 18.3. The second kappa shape index (κ2) is 7.23. The summed E-state index contributed by atoms with van der Waals surface area (Å²) < 4.78 is 12.4. The number of carbonyl (C=O) groups excluding carboxylic acids is 1. The van der Waals surface area contributed by atoms with Crippen molar-refractivity contribution in [2.75, 3.05) is 12.3 Å². The van der Waals surface area contributed by atoms with Gasteiger partial charge in [0.05, 0.1) is 11.2 Å². The number of rotatable bonds is 4. The van der Waals surface area contributed by atoms with Crippen LogP contribution in [-0.4, -0.2) is 45.2 Å². The van der Waals surface area contributed by atoms with Gasteiger partial charge in [0.1, 0.15) is 18.4 Å². The van der Waals surface area contributed by atoms with E-state index in [1.807, 2.05) is 6.92 Å². The van der Waals surface area contributed by atoms with E-state index in [0.29, 0.717) is 12.2 Å². The first-order chi connectivity index (χ1) is 10.8. The maximum Gasteiger partial charge on any atom is 0.521 e. The van der Waals surface area contributed by atoms with E-state index in [1.54, 1.807) is 19.1 Å². The molecule has 2 amide bonds. The van der Waals surface area contributed by atoms with Gasteiger partial charge in [-0.25, -0.2) is 9.18 Å². The van der Waals surface area contributed by atoms with Gasteiger partial charge in [-0.2, -0.15) is 21.9 Å². The number of thioether (sulfide) groups is 1. The normalized spacial score (nSPS) is 28.5. The van der Waals surface area contributed by atoms with Crippen LogP contribution in [0.5, 0.6) is 0 Å². The van der Waals surface area contributed by atoms with E-state index >= 15 is 0 Å². The second-order valence-electron chi connectivity index (χ2n) is 6.03. The van der Waals surface area contributed by atoms with Crippen molar-refractivity contribution in [3.63, 3.8) is 0 Å². The molecule has 0 aromatic heterocycles. The number of likely N-dealkylation sites (tertiary alicyclic amines) is 1. The zero-order valence-electron chi connectivity index (χ0n) is 13.1. The lowest BCUT2D eigenvalue weighted by atomic mass is 10.1. The summed E-state index contributed by atoms with van der Waals surface area (Å²) in [4.78, 5) is 25.5. The minimum absolute atomic E-state index is 0.00243. The van der Waals surface area contributed by atoms with Gasteiger partial charge in [0.15, 0.2) is 0 Å². The van der Waals surface area contributed by atoms with Crippen LogP contribution in [0.25, 0.3) is 0 Å². The van der Waals surface area contributed by atoms with E-state index in [9.17, 15) is 19.1 Å². The van der Waals surface area contributed by atoms with E-state index in [2.05, 4.69) is 12.6 Å². The lowest BCUT2D eigenvalue weighted by Crippen LogP contribution is -2.60. The highest BCUT2D eigenvalue weighted by molar-refractivity contribution is 8.00. The fraction of sp³-hybridized carbons (Fsp3) is 0.500. The molecule has 1 aliphatic heterocycles. The summed E-state index contributed by atoms with van der Waals surface area (Å²) in [6.45, 7) is 3.77. The van der Waals surface area contributed by atoms with Crippen LogP contribution in [0.15, 0.2) is 29.2 Å². The van der Waals surface area contributed by atoms with E-state index in [-0.39, 0.29) is 29.6 Å². The van der Waals surface area contributed by atoms with Crippen LogP contribution in [0.2, 0.25) is 0 Å². The first-order valence-corrected chi connectivity index (χ1v) is 9.01. The van der Waals surface area contributed by atoms with Crippen LogP contribution in [0.1, 0.15) is 20.3 Å². The zero-order chi connectivity index (χ0) is 17.2. The number of nitrogens with zero attached hydrogens (tertiary/aromatic N) is 1. The third-order valence-electron chi connectivity index (χ3n) is 4.39. The summed E-state index contributed by atoms with van der Waals surface area (Å²) in [5.41, 5.74) is 0. The summed E-state index contributed by atoms with van der Waals surface area (Å²) in [6, 6.07) is 5.83. The number of hydrogen-bond donors (Lipinski definition) is 2. The summed E-state index contributed by atoms with van der Waals surface area (Å²) in [5, 5.41) is 9.74. The maximum atomic E-state index is 13.0. The largest absolute Gasteiger partial charge is 0.521 e. The molecular weight excluding hydrogens is 337 g/mol. The standard InChI is InChI=1S/C16H20FNO3S2/c1-10(9-22)15(19)18(16(20)21)8-14(7-11(18)2)23-13-5-3-12(17)4-6-13/h3-6,10-11,14H,7-9H2,1-2H3,(H-,20,21,22)/p+1/t10?,11-,14-,18-/m1/s1. The number of carboxylic acid groups (broad SMARTS) is 1. The Bertz CT molecular complexity index is 595. The van der Waals surface area contributed by atoms with Crippen molar-refractivity contribution >= 4 is 36.4 Å². The Hall–Kier alpha value is -1.05. The van der Waals surface area contributed by atoms with Crippen molar-refractivity contribution in [2.45, 2.75) is 36.5 Å². The van der Waals surface area contributed by atoms with E-state index in [1.165, 1.54) is 23.9 Å². The number of halogens is 1. The third-order valence-corrected chi connectivity index (χ3v) is 6.16. The molecule has 1 N–H and O–H groups in total. The maximum absolute atomic E-state index is 13.0. The molecule has 126 valence electrons. The average Bonchev–Trinajstić information content (AvgIpc) is 2.85. The molecule has 1 fully saturated rings. The molecule has 1 saturated heterocycles. The van der Waals surface area contributed by atoms with Gasteiger partial charge in [-0.1, -0.05) is 0 Å². The number of carbonyl (C=O) groups is 2. The van der Waals surface area contributed by atoms with Gasteiger partial charge in [0, 0.05) is 17.1 Å². The fourth-order valence-corrected chi connectivity index (χ4v) is 4.59. The molecule has 0 spiro atoms. The molecule has 23 heavy (non-hydrogen) atoms. The molecule has 1 aliphatic rings. The number of thiol groups is 1. The zero-order valence-corrected chi connectivity index (χ0v) is 14.8. The van der Waals surface area contributed by atoms with Crippen LogP contribution in [0, 0.1) is 11.7 Å². The summed E-state index contributed by atoms with van der Waals surface area (Å²) in [7, 11) is 0. The van der Waals surface area contributed by atoms with Gasteiger partial charge >= 0.3 is 12.0 Å². The van der Waals surface area contributed by atoms with Crippen molar-refractivity contribution in [3.05, 3.63) is 30.1 Å². The van der Waals surface area contributed by atoms with Gasteiger partial charge < -0.3 is 5.11 Å². The summed E-state index contributed by atoms with van der Waals surface area (Å²) in [5.74, 6) is -0.675. The SMILES string of the molecule is CC(CS)C(=O)[N@@+]1(C(=O)O)C[C@H](Sc2ccc(F)cc2)C[C@H]1C. The van der Waals surface area contributed by atoms with Gasteiger partial charge in [0.25, 0.3) is 0 Å². The summed E-state index contributed by atoms with van der Waals surface area (Å²) >= 11 is 5.63. The van der Waals surface area contributed by atoms with E-state index in [0.717, 1.165) is 4.90 Å². The molecule has 0 aliphatic carbocycles. The van der Waals surface area contributed by atoms with Crippen molar-refractivity contribution in [2.24, 2.45) is 5.92 Å². The highest BCUT2D eigenvalue weighted by Crippen LogP contribution is 2.39. The van der Waals surface area contributed by atoms with Crippen LogP contribution in [-0.2, 0) is 4.79 Å². The Morgan fingerprint density at radius 3 is 2.57 bits per heavy atom. The minimum Gasteiger partial charge on any atom is -0.435 e. The van der Waals surface area contributed by atoms with E-state index < -0.39 is 16.5 Å². The van der Waals surface area contributed by atoms with Gasteiger partial charge in [0.2, 0.25) is 0 Å². The molecule has 0 radical (unpaired) electrons. The van der Waals surface area contributed by atoms with Crippen molar-refractivity contribution < 1.29 is 23.6 Å². The molecule has 1 heterocycles. The molecule has 1 aromatic rings. The van der Waals surface area contributed by atoms with Crippen molar-refractivity contribution in [1.82, 2.24) is 0 Å². The molecular formula is C16H21FNO3S2+.